The van der Waals surface area contributed by atoms with Crippen LogP contribution in [-0.2, 0) is 16.1 Å². The predicted molar refractivity (Wildman–Crippen MR) is 73.6 cm³/mol. The van der Waals surface area contributed by atoms with Gasteiger partial charge in [0.05, 0.1) is 6.61 Å². The third-order valence-electron chi connectivity index (χ3n) is 2.61. The standard InChI is InChI=1S/C14H20ClNO2/c1-3-5-13(14(17)18-4-2)16-10-11-6-8-12(15)9-7-11/h6-9,13,16H,3-5,10H2,1-2H3. The monoisotopic (exact) mass is 269 g/mol. The van der Waals surface area contributed by atoms with Crippen molar-refractivity contribution < 1.29 is 9.53 Å². The van der Waals surface area contributed by atoms with E-state index in [9.17, 15) is 4.79 Å². The van der Waals surface area contributed by atoms with Crippen LogP contribution in [0.25, 0.3) is 0 Å². The predicted octanol–water partition coefficient (Wildman–Crippen LogP) is 3.16. The second-order valence-corrected chi connectivity index (χ2v) is 4.54. The maximum Gasteiger partial charge on any atom is 0.323 e. The maximum absolute atomic E-state index is 11.7. The lowest BCUT2D eigenvalue weighted by molar-refractivity contribution is -0.145. The summed E-state index contributed by atoms with van der Waals surface area (Å²) in [5.41, 5.74) is 1.10. The minimum atomic E-state index is -0.231. The fraction of sp³-hybridized carbons (Fsp3) is 0.500. The average Bonchev–Trinajstić information content (AvgIpc) is 2.36. The van der Waals surface area contributed by atoms with Crippen molar-refractivity contribution in [2.75, 3.05) is 6.61 Å². The van der Waals surface area contributed by atoms with Crippen LogP contribution in [0.3, 0.4) is 0 Å². The van der Waals surface area contributed by atoms with E-state index in [2.05, 4.69) is 12.2 Å². The largest absolute Gasteiger partial charge is 0.465 e. The molecule has 0 saturated heterocycles. The minimum absolute atomic E-state index is 0.173. The summed E-state index contributed by atoms with van der Waals surface area (Å²) in [4.78, 5) is 11.7. The highest BCUT2D eigenvalue weighted by atomic mass is 35.5. The minimum Gasteiger partial charge on any atom is -0.465 e. The summed E-state index contributed by atoms with van der Waals surface area (Å²) in [5, 5.41) is 3.94. The Morgan fingerprint density at radius 3 is 2.56 bits per heavy atom. The van der Waals surface area contributed by atoms with Gasteiger partial charge in [-0.2, -0.15) is 0 Å². The fourth-order valence-electron chi connectivity index (χ4n) is 1.68. The van der Waals surface area contributed by atoms with Crippen molar-refractivity contribution in [1.82, 2.24) is 5.32 Å². The Kier molecular flexibility index (Phi) is 6.76. The SMILES string of the molecule is CCCC(NCc1ccc(Cl)cc1)C(=O)OCC. The number of carbonyl (C=O) groups excluding carboxylic acids is 1. The molecule has 0 aliphatic carbocycles. The van der Waals surface area contributed by atoms with E-state index in [0.717, 1.165) is 18.4 Å². The van der Waals surface area contributed by atoms with Crippen molar-refractivity contribution in [3.05, 3.63) is 34.9 Å². The number of ether oxygens (including phenoxy) is 1. The summed E-state index contributed by atoms with van der Waals surface area (Å²) in [6.07, 6.45) is 1.73. The lowest BCUT2D eigenvalue weighted by Gasteiger charge is -2.16. The third kappa shape index (κ3) is 5.07. The molecule has 1 rings (SSSR count). The molecule has 18 heavy (non-hydrogen) atoms. The first-order valence-electron chi connectivity index (χ1n) is 6.31. The molecule has 0 heterocycles. The van der Waals surface area contributed by atoms with Gasteiger partial charge < -0.3 is 10.1 Å². The van der Waals surface area contributed by atoms with Gasteiger partial charge in [0.15, 0.2) is 0 Å². The molecule has 0 radical (unpaired) electrons. The molecule has 1 atom stereocenters. The van der Waals surface area contributed by atoms with E-state index in [1.165, 1.54) is 0 Å². The van der Waals surface area contributed by atoms with Gasteiger partial charge in [0, 0.05) is 11.6 Å². The van der Waals surface area contributed by atoms with Gasteiger partial charge in [-0.25, -0.2) is 0 Å². The van der Waals surface area contributed by atoms with Crippen LogP contribution in [-0.4, -0.2) is 18.6 Å². The molecule has 1 aromatic rings. The van der Waals surface area contributed by atoms with E-state index < -0.39 is 0 Å². The van der Waals surface area contributed by atoms with Crippen molar-refractivity contribution >= 4 is 17.6 Å². The summed E-state index contributed by atoms with van der Waals surface area (Å²) in [6.45, 7) is 4.93. The number of halogens is 1. The highest BCUT2D eigenvalue weighted by Gasteiger charge is 2.17. The Bertz CT molecular complexity index is 365. The first-order valence-corrected chi connectivity index (χ1v) is 6.69. The van der Waals surface area contributed by atoms with E-state index in [0.29, 0.717) is 18.2 Å². The molecule has 100 valence electrons. The molecule has 3 nitrogen and oxygen atoms in total. The number of esters is 1. The third-order valence-corrected chi connectivity index (χ3v) is 2.87. The van der Waals surface area contributed by atoms with Gasteiger partial charge in [0.2, 0.25) is 0 Å². The van der Waals surface area contributed by atoms with E-state index in [-0.39, 0.29) is 12.0 Å². The van der Waals surface area contributed by atoms with Crippen molar-refractivity contribution in [1.29, 1.82) is 0 Å². The Balaban J connectivity index is 2.51. The van der Waals surface area contributed by atoms with Gasteiger partial charge in [-0.3, -0.25) is 4.79 Å². The lowest BCUT2D eigenvalue weighted by atomic mass is 10.1. The van der Waals surface area contributed by atoms with Crippen molar-refractivity contribution in [2.24, 2.45) is 0 Å². The number of hydrogen-bond donors (Lipinski definition) is 1. The van der Waals surface area contributed by atoms with Gasteiger partial charge in [0.25, 0.3) is 0 Å². The first-order chi connectivity index (χ1) is 8.67. The molecule has 0 aliphatic heterocycles. The molecule has 1 unspecified atom stereocenters. The van der Waals surface area contributed by atoms with E-state index in [1.54, 1.807) is 0 Å². The van der Waals surface area contributed by atoms with E-state index >= 15 is 0 Å². The van der Waals surface area contributed by atoms with Gasteiger partial charge in [-0.05, 0) is 31.0 Å². The van der Waals surface area contributed by atoms with Gasteiger partial charge in [-0.15, -0.1) is 0 Å². The molecule has 0 fully saturated rings. The molecule has 1 N–H and O–H groups in total. The molecule has 0 aliphatic rings. The Morgan fingerprint density at radius 2 is 2.00 bits per heavy atom. The normalized spacial score (nSPS) is 12.2. The fourth-order valence-corrected chi connectivity index (χ4v) is 1.80. The van der Waals surface area contributed by atoms with Crippen molar-refractivity contribution in [3.8, 4) is 0 Å². The second-order valence-electron chi connectivity index (χ2n) is 4.10. The highest BCUT2D eigenvalue weighted by Crippen LogP contribution is 2.10. The van der Waals surface area contributed by atoms with Crippen molar-refractivity contribution in [3.63, 3.8) is 0 Å². The second kappa shape index (κ2) is 8.11. The Morgan fingerprint density at radius 1 is 1.33 bits per heavy atom. The van der Waals surface area contributed by atoms with E-state index in [1.807, 2.05) is 31.2 Å². The first kappa shape index (κ1) is 15.0. The molecule has 0 spiro atoms. The topological polar surface area (TPSA) is 38.3 Å². The summed E-state index contributed by atoms with van der Waals surface area (Å²) >= 11 is 5.82. The molecule has 4 heteroatoms. The van der Waals surface area contributed by atoms with Gasteiger partial charge in [-0.1, -0.05) is 37.1 Å². The van der Waals surface area contributed by atoms with Crippen molar-refractivity contribution in [2.45, 2.75) is 39.3 Å². The molecular weight excluding hydrogens is 250 g/mol. The molecule has 1 aromatic carbocycles. The summed E-state index contributed by atoms with van der Waals surface area (Å²) in [6, 6.07) is 7.35. The number of benzene rings is 1. The number of rotatable bonds is 7. The van der Waals surface area contributed by atoms with E-state index in [4.69, 9.17) is 16.3 Å². The van der Waals surface area contributed by atoms with Gasteiger partial charge >= 0.3 is 5.97 Å². The lowest BCUT2D eigenvalue weighted by Crippen LogP contribution is -2.37. The zero-order valence-electron chi connectivity index (χ0n) is 10.9. The van der Waals surface area contributed by atoms with Crippen LogP contribution in [0.15, 0.2) is 24.3 Å². The molecular formula is C14H20ClNO2. The molecule has 0 amide bonds. The number of hydrogen-bond acceptors (Lipinski definition) is 3. The summed E-state index contributed by atoms with van der Waals surface area (Å²) in [7, 11) is 0. The Hall–Kier alpha value is -1.06. The number of carbonyl (C=O) groups is 1. The average molecular weight is 270 g/mol. The van der Waals surface area contributed by atoms with Crippen LogP contribution in [0, 0.1) is 0 Å². The molecule has 0 aromatic heterocycles. The van der Waals surface area contributed by atoms with Crippen LogP contribution in [0.5, 0.6) is 0 Å². The van der Waals surface area contributed by atoms with Crippen LogP contribution in [0.2, 0.25) is 5.02 Å². The van der Waals surface area contributed by atoms with Gasteiger partial charge in [0.1, 0.15) is 6.04 Å². The molecule has 0 saturated carbocycles. The number of nitrogens with one attached hydrogen (secondary N) is 1. The summed E-state index contributed by atoms with van der Waals surface area (Å²) in [5.74, 6) is -0.173. The molecule has 0 bridgehead atoms. The smallest absolute Gasteiger partial charge is 0.323 e. The quantitative estimate of drug-likeness (QED) is 0.773. The zero-order valence-corrected chi connectivity index (χ0v) is 11.7. The Labute approximate surface area is 113 Å². The highest BCUT2D eigenvalue weighted by molar-refractivity contribution is 6.30. The van der Waals surface area contributed by atoms with Crippen LogP contribution >= 0.6 is 11.6 Å². The van der Waals surface area contributed by atoms with Crippen LogP contribution in [0.1, 0.15) is 32.3 Å². The van der Waals surface area contributed by atoms with Crippen LogP contribution < -0.4 is 5.32 Å². The maximum atomic E-state index is 11.7. The summed E-state index contributed by atoms with van der Waals surface area (Å²) < 4.78 is 5.04. The zero-order chi connectivity index (χ0) is 13.4. The van der Waals surface area contributed by atoms with Crippen LogP contribution in [0.4, 0.5) is 0 Å².